The van der Waals surface area contributed by atoms with Gasteiger partial charge in [-0.15, -0.1) is 0 Å². The smallest absolute Gasteiger partial charge is 0.335 e. The summed E-state index contributed by atoms with van der Waals surface area (Å²) in [5.74, 6) is 1.37. The predicted octanol–water partition coefficient (Wildman–Crippen LogP) is 6.18. The lowest BCUT2D eigenvalue weighted by atomic mass is 9.75. The fourth-order valence-corrected chi connectivity index (χ4v) is 9.83. The molecule has 3 atom stereocenters. The Morgan fingerprint density at radius 3 is 1.65 bits per heavy atom. The minimum absolute atomic E-state index is 0.0181. The van der Waals surface area contributed by atoms with Crippen LogP contribution in [-0.2, 0) is 9.53 Å². The average molecular weight is 473 g/mol. The molecule has 178 valence electrons. The number of ether oxygens (including phenoxy) is 1. The fourth-order valence-electron chi connectivity index (χ4n) is 5.59. The molecular weight excluding hydrogens is 435 g/mol. The highest BCUT2D eigenvalue weighted by atomic mass is 31.2. The van der Waals surface area contributed by atoms with Crippen LogP contribution in [0.15, 0.2) is 91.0 Å². The van der Waals surface area contributed by atoms with Crippen molar-refractivity contribution in [3.8, 4) is 0 Å². The SMILES string of the molecule is CC(C(=O)OC1CC(C)CCC1C(C)C)=P(c1ccccc1)(c1ccccc1)c1ccccc1. The van der Waals surface area contributed by atoms with Gasteiger partial charge in [0.15, 0.2) is 0 Å². The number of esters is 1. The minimum Gasteiger partial charge on any atom is -0.459 e. The lowest BCUT2D eigenvalue weighted by Gasteiger charge is -2.37. The molecule has 3 heteroatoms. The Kier molecular flexibility index (Phi) is 7.79. The van der Waals surface area contributed by atoms with Gasteiger partial charge in [0.1, 0.15) is 6.10 Å². The summed E-state index contributed by atoms with van der Waals surface area (Å²) in [4.78, 5) is 14.0. The molecule has 0 N–H and O–H groups in total. The summed E-state index contributed by atoms with van der Waals surface area (Å²) < 4.78 is 6.42. The van der Waals surface area contributed by atoms with E-state index < -0.39 is 6.89 Å². The standard InChI is InChI=1S/C31H37O2P/c1-23(2)29-21-20-24(3)22-30(29)33-31(32)25(4)34(26-14-8-5-9-15-26,27-16-10-6-11-17-27)28-18-12-7-13-19-28/h5-19,23-24,29-30H,20-22H2,1-4H3. The number of benzene rings is 3. The summed E-state index contributed by atoms with van der Waals surface area (Å²) in [6.07, 6.45) is 3.28. The molecule has 0 spiro atoms. The Morgan fingerprint density at radius 1 is 0.794 bits per heavy atom. The van der Waals surface area contributed by atoms with Crippen molar-refractivity contribution in [3.05, 3.63) is 91.0 Å². The van der Waals surface area contributed by atoms with Crippen LogP contribution in [0.4, 0.5) is 0 Å². The normalized spacial score (nSPS) is 20.7. The topological polar surface area (TPSA) is 26.3 Å². The van der Waals surface area contributed by atoms with Crippen molar-refractivity contribution in [2.45, 2.75) is 53.1 Å². The summed E-state index contributed by atoms with van der Waals surface area (Å²) in [7, 11) is 0. The van der Waals surface area contributed by atoms with E-state index in [4.69, 9.17) is 4.74 Å². The maximum Gasteiger partial charge on any atom is 0.335 e. The van der Waals surface area contributed by atoms with Crippen LogP contribution in [0, 0.1) is 17.8 Å². The molecule has 0 amide bonds. The van der Waals surface area contributed by atoms with Crippen molar-refractivity contribution in [1.29, 1.82) is 0 Å². The van der Waals surface area contributed by atoms with Gasteiger partial charge in [0, 0.05) is 5.29 Å². The number of carbonyl (C=O) groups excluding carboxylic acids is 1. The Hall–Kier alpha value is -2.57. The second kappa shape index (κ2) is 10.8. The Labute approximate surface area is 205 Å². The van der Waals surface area contributed by atoms with E-state index in [1.165, 1.54) is 22.3 Å². The zero-order chi connectivity index (χ0) is 24.1. The van der Waals surface area contributed by atoms with Gasteiger partial charge in [0.2, 0.25) is 0 Å². The van der Waals surface area contributed by atoms with Crippen LogP contribution in [0.5, 0.6) is 0 Å². The third-order valence-corrected chi connectivity index (χ3v) is 11.9. The van der Waals surface area contributed by atoms with Gasteiger partial charge in [-0.25, -0.2) is 4.79 Å². The molecule has 34 heavy (non-hydrogen) atoms. The summed E-state index contributed by atoms with van der Waals surface area (Å²) in [6, 6.07) is 31.6. The Morgan fingerprint density at radius 2 is 1.24 bits per heavy atom. The molecule has 2 nitrogen and oxygen atoms in total. The highest BCUT2D eigenvalue weighted by Gasteiger charge is 2.36. The van der Waals surface area contributed by atoms with Crippen LogP contribution in [0.25, 0.3) is 0 Å². The van der Waals surface area contributed by atoms with Gasteiger partial charge >= 0.3 is 5.97 Å². The first-order valence-electron chi connectivity index (χ1n) is 12.6. The molecule has 1 aliphatic carbocycles. The van der Waals surface area contributed by atoms with Crippen molar-refractivity contribution >= 4 is 34.1 Å². The second-order valence-electron chi connectivity index (χ2n) is 10.0. The highest BCUT2D eigenvalue weighted by molar-refractivity contribution is 7.96. The fraction of sp³-hybridized carbons (Fsp3) is 0.355. The molecule has 0 radical (unpaired) electrons. The molecule has 4 rings (SSSR count). The molecule has 0 aromatic heterocycles. The van der Waals surface area contributed by atoms with Gasteiger partial charge in [0.25, 0.3) is 0 Å². The Balaban J connectivity index is 1.92. The maximum atomic E-state index is 14.0. The first-order valence-corrected chi connectivity index (χ1v) is 14.3. The number of hydrogen-bond donors (Lipinski definition) is 0. The van der Waals surface area contributed by atoms with Crippen molar-refractivity contribution in [2.24, 2.45) is 17.8 Å². The lowest BCUT2D eigenvalue weighted by Crippen LogP contribution is -2.39. The monoisotopic (exact) mass is 472 g/mol. The van der Waals surface area contributed by atoms with Crippen molar-refractivity contribution in [2.75, 3.05) is 0 Å². The first kappa shape index (κ1) is 24.6. The van der Waals surface area contributed by atoms with Crippen LogP contribution >= 0.6 is 6.89 Å². The highest BCUT2D eigenvalue weighted by Crippen LogP contribution is 2.46. The van der Waals surface area contributed by atoms with Gasteiger partial charge in [-0.3, -0.25) is 0 Å². The van der Waals surface area contributed by atoms with Gasteiger partial charge < -0.3 is 4.74 Å². The molecule has 0 aliphatic heterocycles. The predicted molar refractivity (Wildman–Crippen MR) is 147 cm³/mol. The first-order chi connectivity index (χ1) is 16.4. The van der Waals surface area contributed by atoms with E-state index >= 15 is 0 Å². The van der Waals surface area contributed by atoms with E-state index in [1.54, 1.807) is 0 Å². The van der Waals surface area contributed by atoms with Crippen LogP contribution in [0.2, 0.25) is 0 Å². The molecule has 0 heterocycles. The number of carbonyl (C=O) groups is 1. The van der Waals surface area contributed by atoms with E-state index in [-0.39, 0.29) is 12.1 Å². The zero-order valence-electron chi connectivity index (χ0n) is 20.9. The molecule has 1 aliphatic rings. The summed E-state index contributed by atoms with van der Waals surface area (Å²) in [6.45, 7) is 6.42. The van der Waals surface area contributed by atoms with Gasteiger partial charge in [-0.05, 0) is 60.3 Å². The van der Waals surface area contributed by atoms with Gasteiger partial charge in [-0.1, -0.05) is 118 Å². The molecular formula is C31H37O2P. The maximum absolute atomic E-state index is 14.0. The third kappa shape index (κ3) is 4.80. The van der Waals surface area contributed by atoms with E-state index in [9.17, 15) is 4.79 Å². The molecule has 1 fully saturated rings. The van der Waals surface area contributed by atoms with E-state index in [0.717, 1.165) is 18.1 Å². The Bertz CT molecular complexity index is 1030. The van der Waals surface area contributed by atoms with E-state index in [2.05, 4.69) is 93.6 Å². The van der Waals surface area contributed by atoms with Crippen LogP contribution < -0.4 is 15.9 Å². The van der Waals surface area contributed by atoms with Crippen molar-refractivity contribution in [3.63, 3.8) is 0 Å². The second-order valence-corrected chi connectivity index (χ2v) is 13.6. The molecule has 3 aromatic rings. The van der Waals surface area contributed by atoms with Crippen LogP contribution in [-0.4, -0.2) is 17.4 Å². The summed E-state index contributed by atoms with van der Waals surface area (Å²) in [5.41, 5.74) is 0. The minimum atomic E-state index is -2.38. The van der Waals surface area contributed by atoms with Crippen molar-refractivity contribution in [1.82, 2.24) is 0 Å². The van der Waals surface area contributed by atoms with E-state index in [1.807, 2.05) is 25.1 Å². The third-order valence-electron chi connectivity index (χ3n) is 7.45. The largest absolute Gasteiger partial charge is 0.459 e. The quantitative estimate of drug-likeness (QED) is 0.316. The van der Waals surface area contributed by atoms with Crippen molar-refractivity contribution < 1.29 is 9.53 Å². The van der Waals surface area contributed by atoms with Gasteiger partial charge in [0.05, 0.1) is 0 Å². The number of rotatable bonds is 6. The zero-order valence-corrected chi connectivity index (χ0v) is 21.7. The van der Waals surface area contributed by atoms with Crippen LogP contribution in [0.1, 0.15) is 47.0 Å². The molecule has 0 saturated heterocycles. The molecule has 3 unspecified atom stereocenters. The molecule has 0 bridgehead atoms. The lowest BCUT2D eigenvalue weighted by molar-refractivity contribution is -0.147. The summed E-state index contributed by atoms with van der Waals surface area (Å²) in [5, 5.41) is 4.36. The summed E-state index contributed by atoms with van der Waals surface area (Å²) >= 11 is 0. The van der Waals surface area contributed by atoms with Gasteiger partial charge in [-0.2, -0.15) is 0 Å². The molecule has 1 saturated carbocycles. The average Bonchev–Trinajstić information content (AvgIpc) is 2.86. The molecule has 3 aromatic carbocycles. The number of hydrogen-bond acceptors (Lipinski definition) is 2. The van der Waals surface area contributed by atoms with Crippen LogP contribution in [0.3, 0.4) is 0 Å². The van der Waals surface area contributed by atoms with E-state index in [0.29, 0.717) is 17.8 Å².